The zero-order chi connectivity index (χ0) is 20.1. The van der Waals surface area contributed by atoms with Crippen LogP contribution in [0.2, 0.25) is 0 Å². The van der Waals surface area contributed by atoms with Crippen LogP contribution >= 0.6 is 11.3 Å². The SMILES string of the molecule is CCOC(=O)Cn1c(=NC(=O)/C=C/c2ccccc2)sc2cc(C)cc(C)c21. The summed E-state index contributed by atoms with van der Waals surface area (Å²) in [6.07, 6.45) is 3.16. The second-order valence-electron chi connectivity index (χ2n) is 6.40. The fourth-order valence-corrected chi connectivity index (χ4v) is 4.23. The van der Waals surface area contributed by atoms with Crippen molar-refractivity contribution < 1.29 is 14.3 Å². The van der Waals surface area contributed by atoms with Gasteiger partial charge in [0.05, 0.1) is 16.8 Å². The van der Waals surface area contributed by atoms with Crippen LogP contribution in [0, 0.1) is 13.8 Å². The molecule has 28 heavy (non-hydrogen) atoms. The fourth-order valence-electron chi connectivity index (χ4n) is 3.02. The molecule has 0 saturated heterocycles. The Morgan fingerprint density at radius 2 is 1.93 bits per heavy atom. The molecule has 3 aromatic rings. The van der Waals surface area contributed by atoms with Crippen molar-refractivity contribution in [3.63, 3.8) is 0 Å². The zero-order valence-electron chi connectivity index (χ0n) is 16.1. The first-order chi connectivity index (χ1) is 13.5. The van der Waals surface area contributed by atoms with Crippen molar-refractivity contribution in [3.8, 4) is 0 Å². The number of carbonyl (C=O) groups is 2. The fraction of sp³-hybridized carbons (Fsp3) is 0.227. The lowest BCUT2D eigenvalue weighted by Gasteiger charge is -2.07. The Morgan fingerprint density at radius 1 is 1.18 bits per heavy atom. The summed E-state index contributed by atoms with van der Waals surface area (Å²) in [5.74, 6) is -0.724. The third-order valence-corrected chi connectivity index (χ3v) is 5.15. The van der Waals surface area contributed by atoms with E-state index in [9.17, 15) is 9.59 Å². The van der Waals surface area contributed by atoms with Gasteiger partial charge in [-0.05, 0) is 49.6 Å². The lowest BCUT2D eigenvalue weighted by molar-refractivity contribution is -0.143. The van der Waals surface area contributed by atoms with E-state index in [1.807, 2.05) is 50.2 Å². The summed E-state index contributed by atoms with van der Waals surface area (Å²) in [6.45, 7) is 6.11. The van der Waals surface area contributed by atoms with Crippen LogP contribution < -0.4 is 4.80 Å². The molecule has 1 amide bonds. The quantitative estimate of drug-likeness (QED) is 0.485. The second-order valence-corrected chi connectivity index (χ2v) is 7.41. The van der Waals surface area contributed by atoms with Crippen molar-refractivity contribution in [2.24, 2.45) is 4.99 Å². The van der Waals surface area contributed by atoms with Crippen LogP contribution in [0.3, 0.4) is 0 Å². The van der Waals surface area contributed by atoms with Crippen molar-refractivity contribution in [1.29, 1.82) is 0 Å². The molecule has 1 aromatic heterocycles. The van der Waals surface area contributed by atoms with Gasteiger partial charge in [-0.15, -0.1) is 0 Å². The van der Waals surface area contributed by atoms with E-state index in [1.54, 1.807) is 17.6 Å². The van der Waals surface area contributed by atoms with E-state index in [0.717, 1.165) is 26.9 Å². The number of thiazole rings is 1. The highest BCUT2D eigenvalue weighted by molar-refractivity contribution is 7.16. The first kappa shape index (κ1) is 19.8. The lowest BCUT2D eigenvalue weighted by atomic mass is 10.1. The predicted octanol–water partition coefficient (Wildman–Crippen LogP) is 4.02. The molecule has 0 aliphatic carbocycles. The monoisotopic (exact) mass is 394 g/mol. The summed E-state index contributed by atoms with van der Waals surface area (Å²) in [5, 5.41) is 0. The zero-order valence-corrected chi connectivity index (χ0v) is 17.0. The van der Waals surface area contributed by atoms with Crippen molar-refractivity contribution in [2.45, 2.75) is 27.3 Å². The molecule has 2 aromatic carbocycles. The van der Waals surface area contributed by atoms with Crippen LogP contribution in [0.1, 0.15) is 23.6 Å². The summed E-state index contributed by atoms with van der Waals surface area (Å²) < 4.78 is 7.85. The summed E-state index contributed by atoms with van der Waals surface area (Å²) >= 11 is 1.40. The highest BCUT2D eigenvalue weighted by Crippen LogP contribution is 2.23. The highest BCUT2D eigenvalue weighted by Gasteiger charge is 2.14. The summed E-state index contributed by atoms with van der Waals surface area (Å²) in [4.78, 5) is 29.2. The molecule has 0 aliphatic heterocycles. The molecule has 0 atom stereocenters. The van der Waals surface area contributed by atoms with E-state index in [0.29, 0.717) is 11.4 Å². The molecule has 144 valence electrons. The Morgan fingerprint density at radius 3 is 2.64 bits per heavy atom. The van der Waals surface area contributed by atoms with Gasteiger partial charge in [-0.25, -0.2) is 0 Å². The number of carbonyl (C=O) groups excluding carboxylic acids is 2. The minimum absolute atomic E-state index is 0.0201. The Hall–Kier alpha value is -2.99. The van der Waals surface area contributed by atoms with Crippen molar-refractivity contribution >= 4 is 39.5 Å². The van der Waals surface area contributed by atoms with E-state index >= 15 is 0 Å². The van der Waals surface area contributed by atoms with Gasteiger partial charge in [0, 0.05) is 6.08 Å². The van der Waals surface area contributed by atoms with Crippen LogP contribution in [0.15, 0.2) is 53.5 Å². The van der Waals surface area contributed by atoms with Gasteiger partial charge >= 0.3 is 5.97 Å². The minimum Gasteiger partial charge on any atom is -0.465 e. The number of ether oxygens (including phenoxy) is 1. The largest absolute Gasteiger partial charge is 0.465 e. The lowest BCUT2D eigenvalue weighted by Crippen LogP contribution is -2.23. The molecule has 3 rings (SSSR count). The first-order valence-electron chi connectivity index (χ1n) is 9.06. The Labute approximate surface area is 167 Å². The number of rotatable bonds is 5. The molecule has 1 heterocycles. The highest BCUT2D eigenvalue weighted by atomic mass is 32.1. The molecule has 6 heteroatoms. The smallest absolute Gasteiger partial charge is 0.326 e. The normalized spacial score (nSPS) is 12.0. The molecular weight excluding hydrogens is 372 g/mol. The Kier molecular flexibility index (Phi) is 6.21. The maximum absolute atomic E-state index is 12.4. The number of hydrogen-bond donors (Lipinski definition) is 0. The number of nitrogens with zero attached hydrogens (tertiary/aromatic N) is 2. The van der Waals surface area contributed by atoms with Gasteiger partial charge < -0.3 is 9.30 Å². The van der Waals surface area contributed by atoms with Crippen molar-refractivity contribution in [2.75, 3.05) is 6.61 Å². The van der Waals surface area contributed by atoms with E-state index in [-0.39, 0.29) is 18.4 Å². The molecule has 0 spiro atoms. The van der Waals surface area contributed by atoms with Crippen LogP contribution in [0.5, 0.6) is 0 Å². The second kappa shape index (κ2) is 8.80. The standard InChI is InChI=1S/C22H22N2O3S/c1-4-27-20(26)14-24-21-16(3)12-15(2)13-18(21)28-22(24)23-19(25)11-10-17-8-6-5-7-9-17/h5-13H,4,14H2,1-3H3/b11-10+,23-22?. The van der Waals surface area contributed by atoms with E-state index in [2.05, 4.69) is 11.1 Å². The third kappa shape index (κ3) is 4.64. The van der Waals surface area contributed by atoms with Gasteiger partial charge in [-0.2, -0.15) is 4.99 Å². The minimum atomic E-state index is -0.373. The van der Waals surface area contributed by atoms with Crippen LogP contribution in [-0.2, 0) is 20.9 Å². The van der Waals surface area contributed by atoms with E-state index < -0.39 is 0 Å². The maximum atomic E-state index is 12.4. The van der Waals surface area contributed by atoms with Gasteiger partial charge in [-0.3, -0.25) is 9.59 Å². The van der Waals surface area contributed by atoms with Crippen LogP contribution in [0.25, 0.3) is 16.3 Å². The van der Waals surface area contributed by atoms with E-state index in [1.165, 1.54) is 17.4 Å². The molecule has 0 unspecified atom stereocenters. The topological polar surface area (TPSA) is 60.7 Å². The molecule has 0 fully saturated rings. The maximum Gasteiger partial charge on any atom is 0.326 e. The average Bonchev–Trinajstić information content (AvgIpc) is 2.98. The van der Waals surface area contributed by atoms with Crippen molar-refractivity contribution in [1.82, 2.24) is 4.57 Å². The number of amides is 1. The Bertz CT molecular complexity index is 1110. The van der Waals surface area contributed by atoms with Crippen LogP contribution in [-0.4, -0.2) is 23.1 Å². The average molecular weight is 394 g/mol. The third-order valence-electron chi connectivity index (χ3n) is 4.13. The number of benzene rings is 2. The molecule has 0 N–H and O–H groups in total. The Balaban J connectivity index is 2.04. The van der Waals surface area contributed by atoms with Gasteiger partial charge in [0.25, 0.3) is 5.91 Å². The molecule has 0 saturated carbocycles. The molecule has 0 bridgehead atoms. The van der Waals surface area contributed by atoms with E-state index in [4.69, 9.17) is 4.74 Å². The molecule has 0 radical (unpaired) electrons. The number of esters is 1. The first-order valence-corrected chi connectivity index (χ1v) is 9.87. The molecule has 0 aliphatic rings. The van der Waals surface area contributed by atoms with Crippen LogP contribution in [0.4, 0.5) is 0 Å². The summed E-state index contributed by atoms with van der Waals surface area (Å²) in [5.41, 5.74) is 3.98. The van der Waals surface area contributed by atoms with Gasteiger partial charge in [-0.1, -0.05) is 47.7 Å². The molecular formula is C22H22N2O3S. The van der Waals surface area contributed by atoms with Crippen molar-refractivity contribution in [3.05, 3.63) is 70.0 Å². The summed E-state index contributed by atoms with van der Waals surface area (Å²) in [6, 6.07) is 13.7. The van der Waals surface area contributed by atoms with Gasteiger partial charge in [0.15, 0.2) is 4.80 Å². The van der Waals surface area contributed by atoms with Gasteiger partial charge in [0.2, 0.25) is 0 Å². The number of hydrogen-bond acceptors (Lipinski definition) is 4. The summed E-state index contributed by atoms with van der Waals surface area (Å²) in [7, 11) is 0. The number of aromatic nitrogens is 1. The number of fused-ring (bicyclic) bond motifs is 1. The number of aryl methyl sites for hydroxylation is 2. The van der Waals surface area contributed by atoms with Gasteiger partial charge in [0.1, 0.15) is 6.54 Å². The molecule has 5 nitrogen and oxygen atoms in total. The predicted molar refractivity (Wildman–Crippen MR) is 112 cm³/mol.